The summed E-state index contributed by atoms with van der Waals surface area (Å²) in [5.41, 5.74) is 0.885. The van der Waals surface area contributed by atoms with Gasteiger partial charge >= 0.3 is 17.1 Å². The smallest absolute Gasteiger partial charge is 0.335 e. The van der Waals surface area contributed by atoms with Gasteiger partial charge in [-0.15, -0.1) is 11.3 Å². The molecule has 1 aromatic heterocycles. The highest BCUT2D eigenvalue weighted by Crippen LogP contribution is 2.46. The van der Waals surface area contributed by atoms with Crippen LogP contribution < -0.4 is 0 Å². The van der Waals surface area contributed by atoms with Gasteiger partial charge in [-0.25, -0.2) is 0 Å². The van der Waals surface area contributed by atoms with E-state index in [1.54, 1.807) is 0 Å². The van der Waals surface area contributed by atoms with E-state index >= 15 is 0 Å². The second-order valence-corrected chi connectivity index (χ2v) is 19.3. The predicted molar refractivity (Wildman–Crippen MR) is 124 cm³/mol. The van der Waals surface area contributed by atoms with Crippen LogP contribution >= 0.6 is 11.3 Å². The molecular weight excluding hydrogens is 420 g/mol. The molecule has 1 fully saturated rings. The van der Waals surface area contributed by atoms with Crippen LogP contribution in [0.3, 0.4) is 0 Å². The first kappa shape index (κ1) is 25.2. The maximum atomic E-state index is 11.0. The minimum absolute atomic E-state index is 0.186. The minimum Gasteiger partial charge on any atom is -0.414 e. The van der Waals surface area contributed by atoms with Crippen LogP contribution in [0.1, 0.15) is 72.8 Å². The quantitative estimate of drug-likeness (QED) is 0.527. The summed E-state index contributed by atoms with van der Waals surface area (Å²) in [4.78, 5) is 0.888. The molecule has 0 aliphatic carbocycles. The summed E-state index contributed by atoms with van der Waals surface area (Å²) in [5.74, 6) is 0. The summed E-state index contributed by atoms with van der Waals surface area (Å²) in [6.45, 7) is 17.5. The number of hydrogen-bond donors (Lipinski definition) is 2. The fourth-order valence-electron chi connectivity index (χ4n) is 4.37. The van der Waals surface area contributed by atoms with E-state index in [-0.39, 0.29) is 28.8 Å². The molecule has 0 radical (unpaired) electrons. The summed E-state index contributed by atoms with van der Waals surface area (Å²) >= 11 is 1.52. The van der Waals surface area contributed by atoms with Gasteiger partial charge in [-0.2, -0.15) is 0 Å². The molecule has 0 bridgehead atoms. The molecule has 1 aliphatic heterocycles. The molecule has 1 aliphatic rings. The van der Waals surface area contributed by atoms with Gasteiger partial charge in [-0.3, -0.25) is 0 Å². The standard InChI is InChI=1S/C21H40O5SSi2/c1-14(2)28(15(3)4)24-13-19(23)20(12-18(22)21-10-9-11-27-21)25-29(26-28,16(5)6)17(7)8/h9-11,14-20,22-23H,12-13H2,1-8H3/t18?,19-,20+/m1/s1. The van der Waals surface area contributed by atoms with Crippen molar-refractivity contribution in [2.24, 2.45) is 0 Å². The third-order valence-electron chi connectivity index (χ3n) is 6.11. The Bertz CT molecular complexity index is 605. The third kappa shape index (κ3) is 5.23. The van der Waals surface area contributed by atoms with Crippen LogP contribution in [0.25, 0.3) is 0 Å². The lowest BCUT2D eigenvalue weighted by molar-refractivity contribution is -0.0547. The van der Waals surface area contributed by atoms with E-state index in [1.807, 2.05) is 17.5 Å². The Morgan fingerprint density at radius 1 is 1.00 bits per heavy atom. The van der Waals surface area contributed by atoms with Crippen molar-refractivity contribution < 1.29 is 23.2 Å². The average Bonchev–Trinajstić information content (AvgIpc) is 3.15. The van der Waals surface area contributed by atoms with Gasteiger partial charge in [0.2, 0.25) is 0 Å². The van der Waals surface area contributed by atoms with Gasteiger partial charge in [0.15, 0.2) is 0 Å². The molecule has 0 amide bonds. The van der Waals surface area contributed by atoms with E-state index in [0.717, 1.165) is 4.88 Å². The van der Waals surface area contributed by atoms with Gasteiger partial charge < -0.3 is 23.2 Å². The Hall–Kier alpha value is -0.0662. The first-order valence-electron chi connectivity index (χ1n) is 10.9. The monoisotopic (exact) mass is 460 g/mol. The van der Waals surface area contributed by atoms with Crippen molar-refractivity contribution in [1.82, 2.24) is 0 Å². The van der Waals surface area contributed by atoms with Crippen molar-refractivity contribution in [3.05, 3.63) is 22.4 Å². The summed E-state index contributed by atoms with van der Waals surface area (Å²) in [5, 5.41) is 23.7. The van der Waals surface area contributed by atoms with E-state index in [0.29, 0.717) is 6.42 Å². The Balaban J connectivity index is 2.43. The van der Waals surface area contributed by atoms with Crippen molar-refractivity contribution in [3.8, 4) is 0 Å². The lowest BCUT2D eigenvalue weighted by atomic mass is 10.1. The molecule has 2 N–H and O–H groups in total. The van der Waals surface area contributed by atoms with Crippen LogP contribution in [0.2, 0.25) is 22.2 Å². The predicted octanol–water partition coefficient (Wildman–Crippen LogP) is 5.49. The van der Waals surface area contributed by atoms with Crippen molar-refractivity contribution >= 4 is 28.5 Å². The average molecular weight is 461 g/mol. The molecule has 5 nitrogen and oxygen atoms in total. The molecule has 0 aromatic carbocycles. The van der Waals surface area contributed by atoms with Crippen LogP contribution in [0.5, 0.6) is 0 Å². The fourth-order valence-corrected chi connectivity index (χ4v) is 16.3. The largest absolute Gasteiger partial charge is 0.414 e. The molecule has 0 spiro atoms. The van der Waals surface area contributed by atoms with Crippen LogP contribution in [-0.4, -0.2) is 46.1 Å². The van der Waals surface area contributed by atoms with Crippen molar-refractivity contribution in [3.63, 3.8) is 0 Å². The summed E-state index contributed by atoms with van der Waals surface area (Å²) in [6.07, 6.45) is -1.64. The first-order chi connectivity index (χ1) is 13.5. The van der Waals surface area contributed by atoms with Crippen molar-refractivity contribution in [1.29, 1.82) is 0 Å². The molecule has 3 atom stereocenters. The van der Waals surface area contributed by atoms with Gasteiger partial charge in [0.05, 0.1) is 18.8 Å². The topological polar surface area (TPSA) is 68.2 Å². The van der Waals surface area contributed by atoms with E-state index in [2.05, 4.69) is 55.4 Å². The zero-order valence-electron chi connectivity index (χ0n) is 19.2. The Morgan fingerprint density at radius 2 is 1.55 bits per heavy atom. The van der Waals surface area contributed by atoms with E-state index in [1.165, 1.54) is 11.3 Å². The van der Waals surface area contributed by atoms with Crippen molar-refractivity contribution in [2.75, 3.05) is 6.61 Å². The Kier molecular flexibility index (Phi) is 8.72. The summed E-state index contributed by atoms with van der Waals surface area (Å²) in [7, 11) is -5.40. The van der Waals surface area contributed by atoms with E-state index in [4.69, 9.17) is 13.0 Å². The minimum atomic E-state index is -2.77. The molecule has 2 heterocycles. The van der Waals surface area contributed by atoms with E-state index in [9.17, 15) is 10.2 Å². The second-order valence-electron chi connectivity index (χ2n) is 9.47. The van der Waals surface area contributed by atoms with E-state index < -0.39 is 35.4 Å². The maximum Gasteiger partial charge on any atom is 0.335 e. The zero-order chi connectivity index (χ0) is 22.0. The number of rotatable bonds is 7. The third-order valence-corrected chi connectivity index (χ3v) is 17.4. The normalized spacial score (nSPS) is 26.1. The summed E-state index contributed by atoms with van der Waals surface area (Å²) < 4.78 is 20.4. The number of aliphatic hydroxyl groups is 2. The second kappa shape index (κ2) is 10.0. The zero-order valence-corrected chi connectivity index (χ0v) is 22.0. The highest BCUT2D eigenvalue weighted by Gasteiger charge is 2.58. The molecule has 29 heavy (non-hydrogen) atoms. The highest BCUT2D eigenvalue weighted by molar-refractivity contribution is 7.10. The lowest BCUT2D eigenvalue weighted by Crippen LogP contribution is -2.65. The van der Waals surface area contributed by atoms with Gasteiger partial charge in [-0.1, -0.05) is 61.5 Å². The Morgan fingerprint density at radius 3 is 2.00 bits per heavy atom. The van der Waals surface area contributed by atoms with Crippen LogP contribution in [0, 0.1) is 0 Å². The van der Waals surface area contributed by atoms with Gasteiger partial charge in [0, 0.05) is 11.3 Å². The molecular formula is C21H40O5SSi2. The Labute approximate surface area is 182 Å². The van der Waals surface area contributed by atoms with Crippen LogP contribution in [0.4, 0.5) is 0 Å². The van der Waals surface area contributed by atoms with Gasteiger partial charge in [0.25, 0.3) is 0 Å². The SMILES string of the molecule is CC(C)[Si]1(C(C)C)OC[C@@H](O)[C@H](CC(O)c2cccs2)O[Si](C(C)C)(C(C)C)O1. The molecule has 1 saturated heterocycles. The molecule has 0 saturated carbocycles. The molecule has 168 valence electrons. The first-order valence-corrected chi connectivity index (χ1v) is 15.7. The van der Waals surface area contributed by atoms with Crippen molar-refractivity contribution in [2.45, 2.75) is 102 Å². The molecule has 2 rings (SSSR count). The molecule has 1 aromatic rings. The molecule has 1 unspecified atom stereocenters. The van der Waals surface area contributed by atoms with Gasteiger partial charge in [-0.05, 0) is 33.6 Å². The fraction of sp³-hybridized carbons (Fsp3) is 0.810. The van der Waals surface area contributed by atoms with Crippen LogP contribution in [-0.2, 0) is 13.0 Å². The summed E-state index contributed by atoms with van der Waals surface area (Å²) in [6, 6.07) is 3.85. The number of hydrogen-bond acceptors (Lipinski definition) is 6. The number of thiophene rings is 1. The highest BCUT2D eigenvalue weighted by atomic mass is 32.1. The van der Waals surface area contributed by atoms with Crippen LogP contribution in [0.15, 0.2) is 17.5 Å². The lowest BCUT2D eigenvalue weighted by Gasteiger charge is -2.51. The number of aliphatic hydroxyl groups excluding tert-OH is 2. The van der Waals surface area contributed by atoms with Gasteiger partial charge in [0.1, 0.15) is 6.10 Å². The molecule has 8 heteroatoms. The maximum absolute atomic E-state index is 11.0.